The van der Waals surface area contributed by atoms with Crippen molar-refractivity contribution in [3.05, 3.63) is 70.3 Å². The molecule has 222 valence electrons. The summed E-state index contributed by atoms with van der Waals surface area (Å²) in [6.07, 6.45) is 0.735. The number of carbonyl (C=O) groups excluding carboxylic acids is 2. The number of nitrogens with zero attached hydrogens (tertiary/aromatic N) is 2. The van der Waals surface area contributed by atoms with Crippen LogP contribution >= 0.6 is 0 Å². The van der Waals surface area contributed by atoms with Crippen molar-refractivity contribution in [3.8, 4) is 0 Å². The number of rotatable bonds is 6. The molecule has 0 spiro atoms. The van der Waals surface area contributed by atoms with Crippen LogP contribution in [0.5, 0.6) is 0 Å². The van der Waals surface area contributed by atoms with Crippen LogP contribution in [0.15, 0.2) is 42.5 Å². The molecule has 41 heavy (non-hydrogen) atoms. The van der Waals surface area contributed by atoms with Gasteiger partial charge in [0.05, 0.1) is 23.1 Å². The molecule has 1 unspecified atom stereocenters. The normalized spacial score (nSPS) is 24.0. The first-order valence-electron chi connectivity index (χ1n) is 15.0. The van der Waals surface area contributed by atoms with Gasteiger partial charge >= 0.3 is 12.1 Å². The largest absolute Gasteiger partial charge is 0.462 e. The molecular formula is C33H41F3N2O3. The highest BCUT2D eigenvalue weighted by atomic mass is 19.4. The molecule has 1 saturated heterocycles. The maximum atomic E-state index is 14.1. The van der Waals surface area contributed by atoms with Crippen molar-refractivity contribution in [1.82, 2.24) is 9.80 Å². The van der Waals surface area contributed by atoms with Crippen LogP contribution in [0.2, 0.25) is 0 Å². The number of ether oxygens (including phenoxy) is 1. The van der Waals surface area contributed by atoms with Crippen molar-refractivity contribution in [3.63, 3.8) is 0 Å². The number of fused-ring (bicyclic) bond motifs is 1. The molecule has 2 aromatic carbocycles. The number of hydrogen-bond acceptors (Lipinski definition) is 4. The van der Waals surface area contributed by atoms with E-state index >= 15 is 0 Å². The van der Waals surface area contributed by atoms with Crippen LogP contribution in [0.4, 0.5) is 13.2 Å². The van der Waals surface area contributed by atoms with Crippen molar-refractivity contribution < 1.29 is 27.5 Å². The Labute approximate surface area is 241 Å². The van der Waals surface area contributed by atoms with Gasteiger partial charge in [0.15, 0.2) is 0 Å². The van der Waals surface area contributed by atoms with Crippen LogP contribution in [-0.2, 0) is 28.7 Å². The quantitative estimate of drug-likeness (QED) is 0.357. The van der Waals surface area contributed by atoms with Gasteiger partial charge in [0.1, 0.15) is 0 Å². The fourth-order valence-corrected chi connectivity index (χ4v) is 7.28. The Balaban J connectivity index is 1.23. The summed E-state index contributed by atoms with van der Waals surface area (Å²) < 4.78 is 45.2. The highest BCUT2D eigenvalue weighted by Crippen LogP contribution is 2.49. The van der Waals surface area contributed by atoms with E-state index in [0.29, 0.717) is 42.7 Å². The summed E-state index contributed by atoms with van der Waals surface area (Å²) in [5.74, 6) is 0.341. The first kappa shape index (κ1) is 29.6. The number of esters is 1. The Morgan fingerprint density at radius 1 is 1.02 bits per heavy atom. The maximum absolute atomic E-state index is 14.1. The van der Waals surface area contributed by atoms with Crippen molar-refractivity contribution in [1.29, 1.82) is 0 Å². The van der Waals surface area contributed by atoms with Gasteiger partial charge < -0.3 is 14.5 Å². The lowest BCUT2D eigenvalue weighted by atomic mass is 9.73. The van der Waals surface area contributed by atoms with E-state index in [1.807, 2.05) is 17.0 Å². The predicted octanol–water partition coefficient (Wildman–Crippen LogP) is 6.84. The van der Waals surface area contributed by atoms with Gasteiger partial charge in [-0.3, -0.25) is 4.79 Å². The van der Waals surface area contributed by atoms with Gasteiger partial charge in [-0.2, -0.15) is 13.2 Å². The molecule has 2 fully saturated rings. The second kappa shape index (κ2) is 11.8. The average molecular weight is 571 g/mol. The molecule has 8 heteroatoms. The maximum Gasteiger partial charge on any atom is 0.416 e. The zero-order chi connectivity index (χ0) is 29.4. The number of amides is 1. The Bertz CT molecular complexity index is 1270. The Kier molecular flexibility index (Phi) is 8.51. The Morgan fingerprint density at radius 3 is 2.46 bits per heavy atom. The summed E-state index contributed by atoms with van der Waals surface area (Å²) in [6.45, 7) is 9.07. The van der Waals surface area contributed by atoms with E-state index in [1.54, 1.807) is 19.1 Å². The molecule has 2 aromatic rings. The SMILES string of the molecule is CCOC(=O)c1cccc(C2CCN(C3CC[C@@](C(=O)N4CCc5ccc(C(F)(F)F)cc5C4)(C(C)C)C3)CC2)c1. The molecule has 0 aromatic heterocycles. The Morgan fingerprint density at radius 2 is 1.78 bits per heavy atom. The number of alkyl halides is 3. The second-order valence-corrected chi connectivity index (χ2v) is 12.3. The van der Waals surface area contributed by atoms with Crippen LogP contribution in [0.25, 0.3) is 0 Å². The van der Waals surface area contributed by atoms with Crippen LogP contribution in [0.1, 0.15) is 91.4 Å². The lowest BCUT2D eigenvalue weighted by Crippen LogP contribution is -2.48. The van der Waals surface area contributed by atoms with Crippen LogP contribution in [0, 0.1) is 11.3 Å². The van der Waals surface area contributed by atoms with Crippen molar-refractivity contribution >= 4 is 11.9 Å². The molecule has 0 radical (unpaired) electrons. The van der Waals surface area contributed by atoms with Gasteiger partial charge in [-0.15, -0.1) is 0 Å². The van der Waals surface area contributed by atoms with Crippen LogP contribution in [-0.4, -0.2) is 54.0 Å². The number of likely N-dealkylation sites (tertiary alicyclic amines) is 1. The minimum absolute atomic E-state index is 0.101. The fraction of sp³-hybridized carbons (Fsp3) is 0.576. The summed E-state index contributed by atoms with van der Waals surface area (Å²) in [5.41, 5.74) is 2.14. The molecule has 1 amide bonds. The monoisotopic (exact) mass is 570 g/mol. The minimum atomic E-state index is -4.39. The van der Waals surface area contributed by atoms with E-state index in [0.717, 1.165) is 56.8 Å². The lowest BCUT2D eigenvalue weighted by molar-refractivity contribution is -0.146. The molecule has 5 nitrogen and oxygen atoms in total. The van der Waals surface area contributed by atoms with Gasteiger partial charge in [-0.1, -0.05) is 32.0 Å². The average Bonchev–Trinajstić information content (AvgIpc) is 3.43. The zero-order valence-corrected chi connectivity index (χ0v) is 24.3. The van der Waals surface area contributed by atoms with Gasteiger partial charge in [-0.25, -0.2) is 4.79 Å². The van der Waals surface area contributed by atoms with Crippen molar-refractivity contribution in [2.75, 3.05) is 26.2 Å². The fourth-order valence-electron chi connectivity index (χ4n) is 7.28. The van der Waals surface area contributed by atoms with Gasteiger partial charge in [0.25, 0.3) is 0 Å². The molecule has 0 N–H and O–H groups in total. The number of benzene rings is 2. The predicted molar refractivity (Wildman–Crippen MR) is 151 cm³/mol. The van der Waals surface area contributed by atoms with Crippen LogP contribution in [0.3, 0.4) is 0 Å². The van der Waals surface area contributed by atoms with Crippen molar-refractivity contribution in [2.24, 2.45) is 11.3 Å². The van der Waals surface area contributed by atoms with E-state index in [1.165, 1.54) is 11.6 Å². The van der Waals surface area contributed by atoms with E-state index in [2.05, 4.69) is 24.8 Å². The number of halogens is 3. The van der Waals surface area contributed by atoms with E-state index in [4.69, 9.17) is 4.74 Å². The zero-order valence-electron chi connectivity index (χ0n) is 24.3. The van der Waals surface area contributed by atoms with Crippen LogP contribution < -0.4 is 0 Å². The number of piperidine rings is 1. The Hall–Kier alpha value is -2.87. The first-order valence-corrected chi connectivity index (χ1v) is 15.0. The summed E-state index contributed by atoms with van der Waals surface area (Å²) in [5, 5.41) is 0. The highest BCUT2D eigenvalue weighted by molar-refractivity contribution is 5.89. The molecule has 5 rings (SSSR count). The topological polar surface area (TPSA) is 49.9 Å². The molecule has 1 saturated carbocycles. The molecule has 2 aliphatic heterocycles. The number of hydrogen-bond donors (Lipinski definition) is 0. The molecule has 1 aliphatic carbocycles. The third-order valence-corrected chi connectivity index (χ3v) is 9.80. The summed E-state index contributed by atoms with van der Waals surface area (Å²) >= 11 is 0. The second-order valence-electron chi connectivity index (χ2n) is 12.3. The third-order valence-electron chi connectivity index (χ3n) is 9.80. The molecule has 2 heterocycles. The summed E-state index contributed by atoms with van der Waals surface area (Å²) in [4.78, 5) is 30.6. The standard InChI is InChI=1S/C33H41F3N2O3/c1-4-41-30(39)26-7-5-6-25(18-26)24-11-15-37(16-12-24)29-10-14-32(20-29,22(2)3)31(40)38-17-13-23-8-9-28(33(34,35)36)19-27(23)21-38/h5-9,18-19,22,24,29H,4,10-17,20-21H2,1-3H3/t29?,32-/m0/s1. The van der Waals surface area contributed by atoms with Gasteiger partial charge in [0.2, 0.25) is 5.91 Å². The number of carbonyl (C=O) groups is 2. The molecule has 2 atom stereocenters. The highest BCUT2D eigenvalue weighted by Gasteiger charge is 2.51. The first-order chi connectivity index (χ1) is 19.5. The molecule has 0 bridgehead atoms. The summed E-state index contributed by atoms with van der Waals surface area (Å²) in [6, 6.07) is 12.0. The van der Waals surface area contributed by atoms with E-state index in [9.17, 15) is 22.8 Å². The summed E-state index contributed by atoms with van der Waals surface area (Å²) in [7, 11) is 0. The van der Waals surface area contributed by atoms with Gasteiger partial charge in [-0.05, 0) is 111 Å². The molecular weight excluding hydrogens is 529 g/mol. The third kappa shape index (κ3) is 6.04. The smallest absolute Gasteiger partial charge is 0.416 e. The van der Waals surface area contributed by atoms with E-state index < -0.39 is 17.2 Å². The van der Waals surface area contributed by atoms with Gasteiger partial charge in [0, 0.05) is 19.1 Å². The lowest BCUT2D eigenvalue weighted by Gasteiger charge is -2.41. The minimum Gasteiger partial charge on any atom is -0.462 e. The molecule has 3 aliphatic rings. The van der Waals surface area contributed by atoms with E-state index in [-0.39, 0.29) is 24.3 Å². The van der Waals surface area contributed by atoms with Crippen molar-refractivity contribution in [2.45, 2.75) is 84.0 Å².